The number of nitrogens with one attached hydrogen (secondary N) is 1. The number of ether oxygens (including phenoxy) is 1. The highest BCUT2D eigenvalue weighted by Crippen LogP contribution is 2.31. The summed E-state index contributed by atoms with van der Waals surface area (Å²) in [5, 5.41) is 16.5. The molecule has 2 heterocycles. The fourth-order valence-corrected chi connectivity index (χ4v) is 3.49. The molecule has 0 radical (unpaired) electrons. The monoisotopic (exact) mass is 458 g/mol. The summed E-state index contributed by atoms with van der Waals surface area (Å²) in [5.41, 5.74) is 6.68. The Hall–Kier alpha value is -2.90. The number of thiazole rings is 1. The molecular formula is C21H23ClN6O2S. The fourth-order valence-electron chi connectivity index (χ4n) is 2.70. The van der Waals surface area contributed by atoms with Gasteiger partial charge in [0.1, 0.15) is 10.0 Å². The number of benzene rings is 1. The Morgan fingerprint density at radius 3 is 2.90 bits per heavy atom. The van der Waals surface area contributed by atoms with E-state index < -0.39 is 5.60 Å². The molecule has 3 rings (SSSR count). The zero-order chi connectivity index (χ0) is 22.4. The van der Waals surface area contributed by atoms with Crippen molar-refractivity contribution in [3.8, 4) is 11.8 Å². The van der Waals surface area contributed by atoms with Crippen LogP contribution < -0.4 is 16.0 Å². The number of hydrogen-bond acceptors (Lipinski definition) is 9. The van der Waals surface area contributed by atoms with E-state index in [1.165, 1.54) is 17.5 Å². The molecule has 0 aliphatic rings. The molecule has 8 nitrogen and oxygen atoms in total. The summed E-state index contributed by atoms with van der Waals surface area (Å²) >= 11 is 7.59. The van der Waals surface area contributed by atoms with Crippen molar-refractivity contribution < 1.29 is 9.84 Å². The van der Waals surface area contributed by atoms with Gasteiger partial charge in [-0.3, -0.25) is 0 Å². The first kappa shape index (κ1) is 22.8. The minimum Gasteiger partial charge on any atom is -0.383 e. The number of nitrogens with zero attached hydrogens (tertiary/aromatic N) is 4. The van der Waals surface area contributed by atoms with Crippen LogP contribution >= 0.6 is 22.9 Å². The molecule has 0 saturated carbocycles. The molecule has 2 aromatic heterocycles. The van der Waals surface area contributed by atoms with Crippen LogP contribution in [0.3, 0.4) is 0 Å². The van der Waals surface area contributed by atoms with Gasteiger partial charge in [-0.1, -0.05) is 23.4 Å². The lowest BCUT2D eigenvalue weighted by atomic mass is 10.1. The molecule has 0 aliphatic heterocycles. The maximum atomic E-state index is 10.6. The van der Waals surface area contributed by atoms with Gasteiger partial charge < -0.3 is 25.8 Å². The van der Waals surface area contributed by atoms with E-state index in [0.717, 1.165) is 11.4 Å². The highest BCUT2D eigenvalue weighted by molar-refractivity contribution is 7.09. The van der Waals surface area contributed by atoms with Gasteiger partial charge in [0.2, 0.25) is 5.95 Å². The molecule has 31 heavy (non-hydrogen) atoms. The van der Waals surface area contributed by atoms with Crippen molar-refractivity contribution in [2.75, 3.05) is 43.3 Å². The lowest BCUT2D eigenvalue weighted by molar-refractivity contribution is 0.122. The number of nitrogen functional groups attached to an aromatic ring is 1. The predicted octanol–water partition coefficient (Wildman–Crippen LogP) is 3.25. The molecule has 0 fully saturated rings. The number of rotatable bonds is 7. The van der Waals surface area contributed by atoms with Crippen LogP contribution in [-0.4, -0.2) is 47.4 Å². The summed E-state index contributed by atoms with van der Waals surface area (Å²) in [5.74, 6) is 6.41. The van der Waals surface area contributed by atoms with Crippen LogP contribution in [0.1, 0.15) is 17.5 Å². The SMILES string of the molecule is COCCN(C)c1ccc(C#CC(C)(O)c2nccs2)cc1Nc1nc(N)ncc1Cl. The number of likely N-dealkylation sites (N-methyl/N-ethyl adjacent to an activating group) is 1. The quantitative estimate of drug-likeness (QED) is 0.463. The number of methoxy groups -OCH3 is 1. The second-order valence-corrected chi connectivity index (χ2v) is 8.16. The van der Waals surface area contributed by atoms with E-state index in [1.54, 1.807) is 25.6 Å². The Morgan fingerprint density at radius 1 is 1.39 bits per heavy atom. The van der Waals surface area contributed by atoms with Crippen molar-refractivity contribution in [3.05, 3.63) is 51.6 Å². The molecule has 1 aromatic carbocycles. The highest BCUT2D eigenvalue weighted by atomic mass is 35.5. The molecule has 0 amide bonds. The average Bonchev–Trinajstić information content (AvgIpc) is 3.29. The van der Waals surface area contributed by atoms with E-state index in [-0.39, 0.29) is 5.95 Å². The predicted molar refractivity (Wildman–Crippen MR) is 125 cm³/mol. The van der Waals surface area contributed by atoms with Gasteiger partial charge in [-0.2, -0.15) is 4.98 Å². The Labute approximate surface area is 190 Å². The number of aliphatic hydroxyl groups is 1. The van der Waals surface area contributed by atoms with Gasteiger partial charge in [0.15, 0.2) is 11.4 Å². The van der Waals surface area contributed by atoms with Crippen molar-refractivity contribution in [2.45, 2.75) is 12.5 Å². The Balaban J connectivity index is 1.97. The average molecular weight is 459 g/mol. The van der Waals surface area contributed by atoms with Crippen LogP contribution in [0.4, 0.5) is 23.1 Å². The van der Waals surface area contributed by atoms with Crippen LogP contribution in [0.5, 0.6) is 0 Å². The minimum atomic E-state index is -1.35. The van der Waals surface area contributed by atoms with Crippen molar-refractivity contribution in [1.29, 1.82) is 0 Å². The van der Waals surface area contributed by atoms with E-state index in [9.17, 15) is 5.11 Å². The largest absolute Gasteiger partial charge is 0.383 e. The maximum absolute atomic E-state index is 10.6. The first-order valence-electron chi connectivity index (χ1n) is 9.35. The van der Waals surface area contributed by atoms with Crippen molar-refractivity contribution in [2.24, 2.45) is 0 Å². The summed E-state index contributed by atoms with van der Waals surface area (Å²) in [4.78, 5) is 14.3. The number of anilines is 4. The third kappa shape index (κ3) is 5.83. The molecule has 1 unspecified atom stereocenters. The molecule has 0 spiro atoms. The summed E-state index contributed by atoms with van der Waals surface area (Å²) in [6.07, 6.45) is 3.08. The van der Waals surface area contributed by atoms with Crippen LogP contribution in [-0.2, 0) is 10.3 Å². The minimum absolute atomic E-state index is 0.108. The summed E-state index contributed by atoms with van der Waals surface area (Å²) < 4.78 is 5.19. The van der Waals surface area contributed by atoms with Crippen molar-refractivity contribution in [1.82, 2.24) is 15.0 Å². The molecule has 10 heteroatoms. The normalized spacial score (nSPS) is 12.5. The van der Waals surface area contributed by atoms with E-state index in [2.05, 4.69) is 32.1 Å². The second-order valence-electron chi connectivity index (χ2n) is 6.86. The lowest BCUT2D eigenvalue weighted by Crippen LogP contribution is -2.23. The van der Waals surface area contributed by atoms with Gasteiger partial charge in [-0.05, 0) is 25.1 Å². The van der Waals surface area contributed by atoms with Gasteiger partial charge in [0.25, 0.3) is 0 Å². The number of hydrogen-bond donors (Lipinski definition) is 3. The fraction of sp³-hybridized carbons (Fsp3) is 0.286. The van der Waals surface area contributed by atoms with Gasteiger partial charge in [0.05, 0.1) is 24.2 Å². The molecule has 0 saturated heterocycles. The van der Waals surface area contributed by atoms with Gasteiger partial charge >= 0.3 is 0 Å². The smallest absolute Gasteiger partial charge is 0.222 e. The van der Waals surface area contributed by atoms with Crippen molar-refractivity contribution >= 4 is 46.1 Å². The number of nitrogens with two attached hydrogens (primary N) is 1. The Bertz CT molecular complexity index is 1090. The number of aromatic nitrogens is 3. The van der Waals surface area contributed by atoms with E-state index in [0.29, 0.717) is 34.6 Å². The molecular weight excluding hydrogens is 436 g/mol. The molecule has 4 N–H and O–H groups in total. The zero-order valence-corrected chi connectivity index (χ0v) is 19.0. The lowest BCUT2D eigenvalue weighted by Gasteiger charge is -2.23. The maximum Gasteiger partial charge on any atom is 0.222 e. The summed E-state index contributed by atoms with van der Waals surface area (Å²) in [6.45, 7) is 2.86. The standard InChI is InChI=1S/C21H23ClN6O2S/c1-21(29,19-24-8-11-31-19)7-6-14-4-5-17(28(2)9-10-30-3)16(12-14)26-18-15(22)13-25-20(23)27-18/h4-5,8,11-13,29H,9-10H2,1-3H3,(H3,23,25,26,27). The van der Waals surface area contributed by atoms with Crippen LogP contribution in [0.15, 0.2) is 36.0 Å². The Kier molecular flexibility index (Phi) is 7.30. The van der Waals surface area contributed by atoms with Gasteiger partial charge in [-0.25, -0.2) is 9.97 Å². The van der Waals surface area contributed by atoms with E-state index in [1.807, 2.05) is 30.1 Å². The van der Waals surface area contributed by atoms with Crippen LogP contribution in [0, 0.1) is 11.8 Å². The third-order valence-corrected chi connectivity index (χ3v) is 5.61. The zero-order valence-electron chi connectivity index (χ0n) is 17.4. The van der Waals surface area contributed by atoms with E-state index in [4.69, 9.17) is 22.1 Å². The van der Waals surface area contributed by atoms with Gasteiger partial charge in [0, 0.05) is 37.8 Å². The van der Waals surface area contributed by atoms with Crippen LogP contribution in [0.25, 0.3) is 0 Å². The Morgan fingerprint density at radius 2 is 2.19 bits per heavy atom. The molecule has 0 bridgehead atoms. The van der Waals surface area contributed by atoms with Crippen LogP contribution in [0.2, 0.25) is 5.02 Å². The molecule has 162 valence electrons. The highest BCUT2D eigenvalue weighted by Gasteiger charge is 2.23. The molecule has 3 aromatic rings. The second kappa shape index (κ2) is 9.94. The van der Waals surface area contributed by atoms with E-state index >= 15 is 0 Å². The molecule has 1 atom stereocenters. The molecule has 0 aliphatic carbocycles. The first-order valence-corrected chi connectivity index (χ1v) is 10.6. The number of halogens is 1. The summed E-state index contributed by atoms with van der Waals surface area (Å²) in [7, 11) is 3.61. The first-order chi connectivity index (χ1) is 14.8. The summed E-state index contributed by atoms with van der Waals surface area (Å²) in [6, 6.07) is 5.67. The topological polar surface area (TPSA) is 109 Å². The van der Waals surface area contributed by atoms with Gasteiger partial charge in [-0.15, -0.1) is 11.3 Å². The third-order valence-electron chi connectivity index (χ3n) is 4.35. The van der Waals surface area contributed by atoms with Crippen molar-refractivity contribution in [3.63, 3.8) is 0 Å².